The Labute approximate surface area is 95.2 Å². The predicted octanol–water partition coefficient (Wildman–Crippen LogP) is 2.62. The summed E-state index contributed by atoms with van der Waals surface area (Å²) < 4.78 is 0. The molecule has 0 aromatic heterocycles. The van der Waals surface area contributed by atoms with Gasteiger partial charge in [-0.3, -0.25) is 4.90 Å². The van der Waals surface area contributed by atoms with E-state index in [2.05, 4.69) is 25.7 Å². The second kappa shape index (κ2) is 6.49. The van der Waals surface area contributed by atoms with Gasteiger partial charge in [0.1, 0.15) is 0 Å². The smallest absolute Gasteiger partial charge is 0.0138 e. The average Bonchev–Trinajstić information content (AvgIpc) is 2.30. The van der Waals surface area contributed by atoms with E-state index in [1.165, 1.54) is 38.6 Å². The molecule has 0 heterocycles. The van der Waals surface area contributed by atoms with E-state index < -0.39 is 0 Å². The van der Waals surface area contributed by atoms with Gasteiger partial charge in [0, 0.05) is 12.1 Å². The van der Waals surface area contributed by atoms with Crippen molar-refractivity contribution < 1.29 is 0 Å². The zero-order valence-electron chi connectivity index (χ0n) is 10.7. The first-order valence-electron chi connectivity index (χ1n) is 6.70. The molecule has 0 radical (unpaired) electrons. The van der Waals surface area contributed by atoms with Gasteiger partial charge in [-0.25, -0.2) is 0 Å². The molecule has 0 bridgehead atoms. The van der Waals surface area contributed by atoms with Crippen molar-refractivity contribution in [1.82, 2.24) is 4.90 Å². The lowest BCUT2D eigenvalue weighted by atomic mass is 9.83. The Kier molecular flexibility index (Phi) is 5.62. The zero-order chi connectivity index (χ0) is 11.3. The van der Waals surface area contributed by atoms with Gasteiger partial charge in [0.25, 0.3) is 0 Å². The lowest BCUT2D eigenvalue weighted by Gasteiger charge is -2.42. The topological polar surface area (TPSA) is 29.3 Å². The lowest BCUT2D eigenvalue weighted by molar-refractivity contribution is 0.0756. The molecule has 0 aromatic rings. The molecule has 0 saturated heterocycles. The van der Waals surface area contributed by atoms with Gasteiger partial charge >= 0.3 is 0 Å². The Morgan fingerprint density at radius 3 is 2.47 bits per heavy atom. The summed E-state index contributed by atoms with van der Waals surface area (Å²) in [5.74, 6) is 0.743. The van der Waals surface area contributed by atoms with Crippen LogP contribution in [0, 0.1) is 5.92 Å². The van der Waals surface area contributed by atoms with Crippen molar-refractivity contribution in [3.63, 3.8) is 0 Å². The Bertz CT molecular complexity index is 170. The molecule has 3 unspecified atom stereocenters. The van der Waals surface area contributed by atoms with Crippen LogP contribution in [-0.4, -0.2) is 30.1 Å². The fourth-order valence-corrected chi connectivity index (χ4v) is 3.01. The highest BCUT2D eigenvalue weighted by atomic mass is 15.2. The van der Waals surface area contributed by atoms with Crippen molar-refractivity contribution in [3.05, 3.63) is 0 Å². The first-order chi connectivity index (χ1) is 7.24. The molecule has 1 rings (SSSR count). The maximum atomic E-state index is 5.90. The van der Waals surface area contributed by atoms with Crippen molar-refractivity contribution in [2.45, 2.75) is 65.0 Å². The molecule has 15 heavy (non-hydrogen) atoms. The van der Waals surface area contributed by atoms with Crippen LogP contribution in [-0.2, 0) is 0 Å². The van der Waals surface area contributed by atoms with Gasteiger partial charge in [-0.15, -0.1) is 0 Å². The van der Waals surface area contributed by atoms with E-state index in [1.807, 2.05) is 0 Å². The minimum atomic E-state index is 0.715. The zero-order valence-corrected chi connectivity index (χ0v) is 10.7. The predicted molar refractivity (Wildman–Crippen MR) is 66.9 cm³/mol. The molecule has 1 aliphatic carbocycles. The van der Waals surface area contributed by atoms with Gasteiger partial charge in [-0.05, 0) is 45.2 Å². The second-order valence-electron chi connectivity index (χ2n) is 4.94. The molecule has 1 saturated carbocycles. The average molecular weight is 212 g/mol. The number of hydrogen-bond acceptors (Lipinski definition) is 2. The van der Waals surface area contributed by atoms with Crippen LogP contribution in [0.15, 0.2) is 0 Å². The number of rotatable bonds is 5. The third-order valence-electron chi connectivity index (χ3n) is 4.12. The Morgan fingerprint density at radius 2 is 1.93 bits per heavy atom. The monoisotopic (exact) mass is 212 g/mol. The first-order valence-corrected chi connectivity index (χ1v) is 6.70. The molecule has 2 heteroatoms. The van der Waals surface area contributed by atoms with Crippen LogP contribution in [0.4, 0.5) is 0 Å². The van der Waals surface area contributed by atoms with Gasteiger partial charge in [0.15, 0.2) is 0 Å². The third kappa shape index (κ3) is 3.18. The first kappa shape index (κ1) is 13.0. The summed E-state index contributed by atoms with van der Waals surface area (Å²) in [5, 5.41) is 0. The summed E-state index contributed by atoms with van der Waals surface area (Å²) >= 11 is 0. The van der Waals surface area contributed by atoms with E-state index in [-0.39, 0.29) is 0 Å². The second-order valence-corrected chi connectivity index (χ2v) is 4.94. The lowest BCUT2D eigenvalue weighted by Crippen LogP contribution is -2.48. The van der Waals surface area contributed by atoms with Gasteiger partial charge in [-0.1, -0.05) is 26.7 Å². The molecule has 0 amide bonds. The highest BCUT2D eigenvalue weighted by Crippen LogP contribution is 2.29. The molecular formula is C13H28N2. The van der Waals surface area contributed by atoms with E-state index in [1.54, 1.807) is 0 Å². The maximum Gasteiger partial charge on any atom is 0.0138 e. The number of hydrogen-bond donors (Lipinski definition) is 1. The molecule has 2 N–H and O–H groups in total. The highest BCUT2D eigenvalue weighted by Gasteiger charge is 2.30. The van der Waals surface area contributed by atoms with Crippen LogP contribution >= 0.6 is 0 Å². The standard InChI is InChI=1S/C13H28N2/c1-4-11(3)15(5-2)13-9-7-6-8-12(13)10-14/h11-13H,4-10,14H2,1-3H3. The van der Waals surface area contributed by atoms with Crippen molar-refractivity contribution >= 4 is 0 Å². The summed E-state index contributed by atoms with van der Waals surface area (Å²) in [6.45, 7) is 8.97. The summed E-state index contributed by atoms with van der Waals surface area (Å²) in [6.07, 6.45) is 6.74. The van der Waals surface area contributed by atoms with Crippen LogP contribution in [0.1, 0.15) is 52.9 Å². The molecular weight excluding hydrogens is 184 g/mol. The van der Waals surface area contributed by atoms with E-state index in [0.29, 0.717) is 6.04 Å². The molecule has 0 aromatic carbocycles. The minimum Gasteiger partial charge on any atom is -0.330 e. The van der Waals surface area contributed by atoms with Gasteiger partial charge in [-0.2, -0.15) is 0 Å². The molecule has 1 aliphatic rings. The minimum absolute atomic E-state index is 0.715. The molecule has 0 spiro atoms. The van der Waals surface area contributed by atoms with Crippen molar-refractivity contribution in [2.24, 2.45) is 11.7 Å². The van der Waals surface area contributed by atoms with E-state index in [9.17, 15) is 0 Å². The summed E-state index contributed by atoms with van der Waals surface area (Å²) in [4.78, 5) is 2.68. The van der Waals surface area contributed by atoms with Crippen LogP contribution in [0.3, 0.4) is 0 Å². The van der Waals surface area contributed by atoms with Crippen molar-refractivity contribution in [3.8, 4) is 0 Å². The number of nitrogens with two attached hydrogens (primary N) is 1. The van der Waals surface area contributed by atoms with Crippen LogP contribution in [0.25, 0.3) is 0 Å². The van der Waals surface area contributed by atoms with Gasteiger partial charge in [0.2, 0.25) is 0 Å². The van der Waals surface area contributed by atoms with Crippen molar-refractivity contribution in [1.29, 1.82) is 0 Å². The maximum absolute atomic E-state index is 5.90. The Hall–Kier alpha value is -0.0800. The largest absolute Gasteiger partial charge is 0.330 e. The van der Waals surface area contributed by atoms with Gasteiger partial charge in [0.05, 0.1) is 0 Å². The van der Waals surface area contributed by atoms with Crippen LogP contribution < -0.4 is 5.73 Å². The van der Waals surface area contributed by atoms with E-state index >= 15 is 0 Å². The van der Waals surface area contributed by atoms with Crippen LogP contribution in [0.5, 0.6) is 0 Å². The summed E-state index contributed by atoms with van der Waals surface area (Å²) in [7, 11) is 0. The fraction of sp³-hybridized carbons (Fsp3) is 1.00. The molecule has 1 fully saturated rings. The van der Waals surface area contributed by atoms with Gasteiger partial charge < -0.3 is 5.73 Å². The Balaban J connectivity index is 2.63. The molecule has 90 valence electrons. The molecule has 2 nitrogen and oxygen atoms in total. The van der Waals surface area contributed by atoms with E-state index in [0.717, 1.165) is 18.5 Å². The summed E-state index contributed by atoms with van der Waals surface area (Å²) in [6, 6.07) is 1.47. The fourth-order valence-electron chi connectivity index (χ4n) is 3.01. The molecule has 3 atom stereocenters. The normalized spacial score (nSPS) is 29.4. The third-order valence-corrected chi connectivity index (χ3v) is 4.12. The quantitative estimate of drug-likeness (QED) is 0.759. The SMILES string of the molecule is CCC(C)N(CC)C1CCCCC1CN. The van der Waals surface area contributed by atoms with E-state index in [4.69, 9.17) is 5.73 Å². The summed E-state index contributed by atoms with van der Waals surface area (Å²) in [5.41, 5.74) is 5.90. The molecule has 0 aliphatic heterocycles. The Morgan fingerprint density at radius 1 is 1.27 bits per heavy atom. The number of nitrogens with zero attached hydrogens (tertiary/aromatic N) is 1. The highest BCUT2D eigenvalue weighted by molar-refractivity contribution is 4.85. The van der Waals surface area contributed by atoms with Crippen LogP contribution in [0.2, 0.25) is 0 Å². The van der Waals surface area contributed by atoms with Crippen molar-refractivity contribution in [2.75, 3.05) is 13.1 Å².